The van der Waals surface area contributed by atoms with Crippen molar-refractivity contribution in [3.63, 3.8) is 0 Å². The van der Waals surface area contributed by atoms with Gasteiger partial charge in [0.1, 0.15) is 11.1 Å². The lowest BCUT2D eigenvalue weighted by Crippen LogP contribution is -2.48. The molecule has 12 heavy (non-hydrogen) atoms. The van der Waals surface area contributed by atoms with Crippen LogP contribution in [0.4, 0.5) is 0 Å². The van der Waals surface area contributed by atoms with E-state index in [0.717, 1.165) is 0 Å². The first-order valence-electron chi connectivity index (χ1n) is 3.84. The molecule has 0 spiro atoms. The van der Waals surface area contributed by atoms with Gasteiger partial charge in [-0.2, -0.15) is 5.48 Å². The number of hydrogen-bond acceptors (Lipinski definition) is 4. The van der Waals surface area contributed by atoms with Gasteiger partial charge in [0, 0.05) is 0 Å². The molecule has 0 fully saturated rings. The monoisotopic (exact) mass is 175 g/mol. The average Bonchev–Trinajstić information content (AvgIpc) is 1.84. The highest BCUT2D eigenvalue weighted by atomic mass is 16.6. The largest absolute Gasteiger partial charge is 0.459 e. The minimum atomic E-state index is -1.05. The molecule has 0 aromatic carbocycles. The second kappa shape index (κ2) is 3.41. The second-order valence-electron chi connectivity index (χ2n) is 4.24. The van der Waals surface area contributed by atoms with Crippen molar-refractivity contribution in [1.82, 2.24) is 5.48 Å². The number of nitrogens with one attached hydrogen (secondary N) is 1. The van der Waals surface area contributed by atoms with Gasteiger partial charge in [0.15, 0.2) is 0 Å². The Kier molecular flexibility index (Phi) is 3.24. The summed E-state index contributed by atoms with van der Waals surface area (Å²) in [7, 11) is 0. The number of rotatable bonds is 2. The lowest BCUT2D eigenvalue weighted by Gasteiger charge is -2.27. The molecule has 0 saturated heterocycles. The maximum atomic E-state index is 11.3. The van der Waals surface area contributed by atoms with Gasteiger partial charge in [-0.05, 0) is 34.6 Å². The summed E-state index contributed by atoms with van der Waals surface area (Å²) in [6, 6.07) is 0. The van der Waals surface area contributed by atoms with Crippen LogP contribution in [0.1, 0.15) is 34.6 Å². The number of hydrogen-bond donors (Lipinski definition) is 2. The molecule has 0 amide bonds. The zero-order valence-electron chi connectivity index (χ0n) is 8.26. The summed E-state index contributed by atoms with van der Waals surface area (Å²) in [5, 5.41) is 8.61. The summed E-state index contributed by atoms with van der Waals surface area (Å²) in [4.78, 5) is 11.3. The van der Waals surface area contributed by atoms with Crippen LogP contribution in [0.2, 0.25) is 0 Å². The number of carbonyl (C=O) groups excluding carboxylic acids is 1. The van der Waals surface area contributed by atoms with Crippen LogP contribution in [0.15, 0.2) is 0 Å². The highest BCUT2D eigenvalue weighted by molar-refractivity contribution is 5.79. The number of carbonyl (C=O) groups is 1. The van der Waals surface area contributed by atoms with E-state index >= 15 is 0 Å². The molecule has 0 unspecified atom stereocenters. The quantitative estimate of drug-likeness (QED) is 0.487. The highest BCUT2D eigenvalue weighted by Crippen LogP contribution is 2.13. The number of ether oxygens (including phenoxy) is 1. The molecule has 0 aliphatic heterocycles. The van der Waals surface area contributed by atoms with Gasteiger partial charge in [-0.25, -0.2) is 4.79 Å². The van der Waals surface area contributed by atoms with Crippen LogP contribution in [-0.2, 0) is 9.53 Å². The molecule has 0 saturated carbocycles. The summed E-state index contributed by atoms with van der Waals surface area (Å²) in [5.74, 6) is -0.475. The molecule has 72 valence electrons. The van der Waals surface area contributed by atoms with Crippen molar-refractivity contribution in [2.75, 3.05) is 0 Å². The van der Waals surface area contributed by atoms with Crippen LogP contribution in [0.5, 0.6) is 0 Å². The van der Waals surface area contributed by atoms with Gasteiger partial charge in [-0.1, -0.05) is 0 Å². The molecule has 0 heterocycles. The van der Waals surface area contributed by atoms with Crippen molar-refractivity contribution < 1.29 is 14.7 Å². The zero-order valence-corrected chi connectivity index (χ0v) is 8.26. The molecule has 0 aliphatic carbocycles. The summed E-state index contributed by atoms with van der Waals surface area (Å²) in [5.41, 5.74) is 0.318. The Hall–Kier alpha value is -0.610. The van der Waals surface area contributed by atoms with E-state index < -0.39 is 17.1 Å². The third-order valence-corrected chi connectivity index (χ3v) is 1.19. The van der Waals surface area contributed by atoms with Crippen molar-refractivity contribution in [2.45, 2.75) is 45.8 Å². The van der Waals surface area contributed by atoms with E-state index in [2.05, 4.69) is 0 Å². The smallest absolute Gasteiger partial charge is 0.328 e. The Bertz CT molecular complexity index is 170. The normalized spacial score (nSPS) is 12.8. The van der Waals surface area contributed by atoms with Gasteiger partial charge in [-0.15, -0.1) is 0 Å². The molecule has 4 nitrogen and oxygen atoms in total. The minimum absolute atomic E-state index is 0.475. The third kappa shape index (κ3) is 3.69. The summed E-state index contributed by atoms with van der Waals surface area (Å²) in [6.07, 6.45) is 0. The lowest BCUT2D eigenvalue weighted by atomic mass is 10.1. The lowest BCUT2D eigenvalue weighted by molar-refractivity contribution is -0.166. The average molecular weight is 175 g/mol. The predicted molar refractivity (Wildman–Crippen MR) is 44.8 cm³/mol. The van der Waals surface area contributed by atoms with Crippen molar-refractivity contribution in [3.05, 3.63) is 0 Å². The Morgan fingerprint density at radius 1 is 1.25 bits per heavy atom. The van der Waals surface area contributed by atoms with Gasteiger partial charge in [-0.3, -0.25) is 0 Å². The van der Waals surface area contributed by atoms with E-state index in [1.165, 1.54) is 0 Å². The highest BCUT2D eigenvalue weighted by Gasteiger charge is 2.31. The van der Waals surface area contributed by atoms with Crippen molar-refractivity contribution in [1.29, 1.82) is 0 Å². The van der Waals surface area contributed by atoms with Gasteiger partial charge in [0.05, 0.1) is 0 Å². The second-order valence-corrected chi connectivity index (χ2v) is 4.24. The molecular formula is C8H17NO3. The van der Waals surface area contributed by atoms with Crippen LogP contribution >= 0.6 is 0 Å². The van der Waals surface area contributed by atoms with Crippen molar-refractivity contribution in [2.24, 2.45) is 0 Å². The third-order valence-electron chi connectivity index (χ3n) is 1.19. The SMILES string of the molecule is CC(C)(C)OC(=O)C(C)(C)NO. The van der Waals surface area contributed by atoms with Crippen LogP contribution in [0.3, 0.4) is 0 Å². The number of hydroxylamine groups is 1. The fourth-order valence-corrected chi connectivity index (χ4v) is 0.451. The maximum Gasteiger partial charge on any atom is 0.328 e. The van der Waals surface area contributed by atoms with E-state index in [4.69, 9.17) is 9.94 Å². The topological polar surface area (TPSA) is 58.6 Å². The molecule has 0 aliphatic rings. The van der Waals surface area contributed by atoms with E-state index in [9.17, 15) is 4.79 Å². The molecule has 0 radical (unpaired) electrons. The zero-order chi connectivity index (χ0) is 9.99. The van der Waals surface area contributed by atoms with Gasteiger partial charge in [0.2, 0.25) is 0 Å². The van der Waals surface area contributed by atoms with Crippen LogP contribution in [0, 0.1) is 0 Å². The van der Waals surface area contributed by atoms with Crippen molar-refractivity contribution >= 4 is 5.97 Å². The van der Waals surface area contributed by atoms with E-state index in [0.29, 0.717) is 0 Å². The molecule has 0 bridgehead atoms. The van der Waals surface area contributed by atoms with Gasteiger partial charge >= 0.3 is 5.97 Å². The summed E-state index contributed by atoms with van der Waals surface area (Å²) < 4.78 is 5.03. The fourth-order valence-electron chi connectivity index (χ4n) is 0.451. The maximum absolute atomic E-state index is 11.3. The Morgan fingerprint density at radius 3 is 1.92 bits per heavy atom. The van der Waals surface area contributed by atoms with Gasteiger partial charge in [0.25, 0.3) is 0 Å². The standard InChI is InChI=1S/C8H17NO3/c1-7(2,3)12-6(10)8(4,5)9-11/h9,11H,1-5H3. The van der Waals surface area contributed by atoms with Gasteiger partial charge < -0.3 is 9.94 Å². The summed E-state index contributed by atoms with van der Waals surface area (Å²) in [6.45, 7) is 8.41. The van der Waals surface area contributed by atoms with Crippen LogP contribution < -0.4 is 5.48 Å². The Labute approximate surface area is 72.9 Å². The molecular weight excluding hydrogens is 158 g/mol. The van der Waals surface area contributed by atoms with E-state index in [1.54, 1.807) is 34.6 Å². The fraction of sp³-hybridized carbons (Fsp3) is 0.875. The number of esters is 1. The molecule has 4 heteroatoms. The Morgan fingerprint density at radius 2 is 1.67 bits per heavy atom. The molecule has 0 atom stereocenters. The molecule has 2 N–H and O–H groups in total. The van der Waals surface area contributed by atoms with Crippen LogP contribution in [0.25, 0.3) is 0 Å². The molecule has 0 rings (SSSR count). The first kappa shape index (κ1) is 11.4. The minimum Gasteiger partial charge on any atom is -0.459 e. The van der Waals surface area contributed by atoms with E-state index in [1.807, 2.05) is 5.48 Å². The molecule has 0 aromatic rings. The van der Waals surface area contributed by atoms with Crippen molar-refractivity contribution in [3.8, 4) is 0 Å². The van der Waals surface area contributed by atoms with E-state index in [-0.39, 0.29) is 0 Å². The Balaban J connectivity index is 4.23. The first-order chi connectivity index (χ1) is 5.19. The van der Waals surface area contributed by atoms with Crippen LogP contribution in [-0.4, -0.2) is 22.3 Å². The molecule has 0 aromatic heterocycles. The predicted octanol–water partition coefficient (Wildman–Crippen LogP) is 1.09. The first-order valence-corrected chi connectivity index (χ1v) is 3.84. The summed E-state index contributed by atoms with van der Waals surface area (Å²) >= 11 is 0.